The van der Waals surface area contributed by atoms with Crippen LogP contribution in [0.4, 0.5) is 0 Å². The van der Waals surface area contributed by atoms with Gasteiger partial charge in [-0.05, 0) is 27.7 Å². The first kappa shape index (κ1) is 49.6. The summed E-state index contributed by atoms with van der Waals surface area (Å²) >= 11 is 0. The molecule has 0 aliphatic carbocycles. The zero-order chi connectivity index (χ0) is 35.6. The summed E-state index contributed by atoms with van der Waals surface area (Å²) in [6, 6.07) is 0. The molecule has 0 heterocycles. The second kappa shape index (κ2) is 23.1. The number of hydrogen-bond acceptors (Lipinski definition) is 10. The highest BCUT2D eigenvalue weighted by molar-refractivity contribution is 5.72. The van der Waals surface area contributed by atoms with Gasteiger partial charge in [0.15, 0.2) is 6.10 Å². The zero-order valence-corrected chi connectivity index (χ0v) is 30.2. The summed E-state index contributed by atoms with van der Waals surface area (Å²) in [5.74, 6) is -3.21. The minimum atomic E-state index is -1.20. The lowest BCUT2D eigenvalue weighted by atomic mass is 10.2. The Morgan fingerprint density at radius 1 is 0.600 bits per heavy atom. The maximum absolute atomic E-state index is 11.4. The molecular formula is C32H68N3O10+. The van der Waals surface area contributed by atoms with Gasteiger partial charge in [-0.15, -0.1) is 0 Å². The van der Waals surface area contributed by atoms with E-state index in [9.17, 15) is 34.5 Å². The van der Waals surface area contributed by atoms with Crippen LogP contribution in [0.2, 0.25) is 0 Å². The topological polar surface area (TPSA) is 162 Å². The highest BCUT2D eigenvalue weighted by Crippen LogP contribution is 2.09. The summed E-state index contributed by atoms with van der Waals surface area (Å²) in [5, 5.41) is 30.6. The van der Waals surface area contributed by atoms with Gasteiger partial charge in [-0.1, -0.05) is 21.3 Å². The van der Waals surface area contributed by atoms with Crippen LogP contribution >= 0.6 is 0 Å². The molecule has 0 radical (unpaired) electrons. The Morgan fingerprint density at radius 2 is 0.978 bits per heavy atom. The second-order valence-electron chi connectivity index (χ2n) is 15.0. The van der Waals surface area contributed by atoms with Crippen molar-refractivity contribution in [2.24, 2.45) is 5.92 Å². The first-order valence-electron chi connectivity index (χ1n) is 15.1. The number of aliphatic carboxylic acids is 2. The molecule has 270 valence electrons. The number of rotatable bonds is 17. The van der Waals surface area contributed by atoms with E-state index in [1.165, 1.54) is 0 Å². The van der Waals surface area contributed by atoms with E-state index in [4.69, 9.17) is 14.2 Å². The Hall–Kier alpha value is -2.32. The van der Waals surface area contributed by atoms with Crippen molar-refractivity contribution in [1.82, 2.24) is 0 Å². The Morgan fingerprint density at radius 3 is 1.29 bits per heavy atom. The molecule has 1 N–H and O–H groups in total. The molecule has 3 atom stereocenters. The highest BCUT2D eigenvalue weighted by Gasteiger charge is 2.24. The van der Waals surface area contributed by atoms with Gasteiger partial charge in [0.05, 0.1) is 88.0 Å². The monoisotopic (exact) mass is 654 g/mol. The van der Waals surface area contributed by atoms with Crippen molar-refractivity contribution in [2.45, 2.75) is 98.8 Å². The average Bonchev–Trinajstić information content (AvgIpc) is 2.68. The number of carboxylic acids is 2. The van der Waals surface area contributed by atoms with Gasteiger partial charge in [-0.25, -0.2) is 0 Å². The third kappa shape index (κ3) is 39.7. The predicted molar refractivity (Wildman–Crippen MR) is 171 cm³/mol. The number of esters is 2. The van der Waals surface area contributed by atoms with Crippen molar-refractivity contribution in [3.05, 3.63) is 0 Å². The van der Waals surface area contributed by atoms with Gasteiger partial charge in [0.1, 0.15) is 31.8 Å². The number of aliphatic hydroxyl groups excluding tert-OH is 1. The van der Waals surface area contributed by atoms with Crippen LogP contribution in [0, 0.1) is 5.92 Å². The lowest BCUT2D eigenvalue weighted by Crippen LogP contribution is -2.45. The van der Waals surface area contributed by atoms with Crippen LogP contribution in [0.1, 0.15) is 68.2 Å². The molecule has 0 fully saturated rings. The maximum Gasteiger partial charge on any atom is 0.308 e. The second-order valence-corrected chi connectivity index (χ2v) is 15.0. The Bertz CT molecular complexity index is 842. The molecule has 13 nitrogen and oxygen atoms in total. The van der Waals surface area contributed by atoms with E-state index in [0.717, 1.165) is 0 Å². The van der Waals surface area contributed by atoms with Gasteiger partial charge >= 0.3 is 11.9 Å². The molecule has 0 bridgehead atoms. The number of nitrogens with zero attached hydrogens (tertiary/aromatic N) is 3. The molecule has 45 heavy (non-hydrogen) atoms. The van der Waals surface area contributed by atoms with E-state index < -0.39 is 24.1 Å². The summed E-state index contributed by atoms with van der Waals surface area (Å²) in [6.07, 6.45) is -1.79. The number of likely N-dealkylation sites (N-methyl/N-ethyl adjacent to an activating group) is 3. The molecule has 0 rings (SSSR count). The van der Waals surface area contributed by atoms with E-state index in [2.05, 4.69) is 0 Å². The van der Waals surface area contributed by atoms with Crippen LogP contribution in [-0.4, -0.2) is 156 Å². The van der Waals surface area contributed by atoms with Crippen LogP contribution in [0.15, 0.2) is 0 Å². The fraction of sp³-hybridized carbons (Fsp3) is 0.875. The smallest absolute Gasteiger partial charge is 0.308 e. The van der Waals surface area contributed by atoms with Gasteiger partial charge in [0, 0.05) is 24.8 Å². The average molecular weight is 655 g/mol. The molecule has 0 aliphatic rings. The van der Waals surface area contributed by atoms with Crippen molar-refractivity contribution >= 4 is 23.9 Å². The van der Waals surface area contributed by atoms with Crippen molar-refractivity contribution in [1.29, 1.82) is 0 Å². The number of aliphatic hydroxyl groups is 1. The lowest BCUT2D eigenvalue weighted by molar-refractivity contribution is -0.873. The molecule has 0 aromatic rings. The number of carbonyl (C=O) groups excluding carboxylic acids is 4. The highest BCUT2D eigenvalue weighted by atomic mass is 16.5. The van der Waals surface area contributed by atoms with Crippen LogP contribution in [0.3, 0.4) is 0 Å². The molecule has 0 spiro atoms. The Labute approximate surface area is 273 Å². The van der Waals surface area contributed by atoms with Crippen molar-refractivity contribution < 1.29 is 62.2 Å². The third-order valence-electron chi connectivity index (χ3n) is 5.04. The van der Waals surface area contributed by atoms with Crippen molar-refractivity contribution in [2.75, 3.05) is 83.1 Å². The number of carbonyl (C=O) groups is 4. The zero-order valence-electron chi connectivity index (χ0n) is 30.2. The van der Waals surface area contributed by atoms with Crippen molar-refractivity contribution in [3.63, 3.8) is 0 Å². The van der Waals surface area contributed by atoms with E-state index in [1.807, 2.05) is 77.3 Å². The number of quaternary nitrogens is 3. The van der Waals surface area contributed by atoms with E-state index in [1.54, 1.807) is 27.7 Å². The maximum atomic E-state index is 11.4. The van der Waals surface area contributed by atoms with Gasteiger partial charge in [-0.3, -0.25) is 9.59 Å². The molecule has 0 amide bonds. The van der Waals surface area contributed by atoms with Gasteiger partial charge in [0.25, 0.3) is 0 Å². The minimum Gasteiger partial charge on any atom is -0.550 e. The van der Waals surface area contributed by atoms with Crippen LogP contribution in [0.25, 0.3) is 0 Å². The molecule has 0 aromatic carbocycles. The number of hydrogen-bond donors (Lipinski definition) is 1. The molecule has 13 heteroatoms. The summed E-state index contributed by atoms with van der Waals surface area (Å²) in [5.41, 5.74) is 0. The molecule has 0 saturated carbocycles. The largest absolute Gasteiger partial charge is 0.550 e. The fourth-order valence-corrected chi connectivity index (χ4v) is 3.78. The third-order valence-corrected chi connectivity index (χ3v) is 5.04. The Kier molecular flexibility index (Phi) is 25.4. The van der Waals surface area contributed by atoms with Gasteiger partial charge in [0.2, 0.25) is 0 Å². The predicted octanol–water partition coefficient (Wildman–Crippen LogP) is 0.0579. The minimum absolute atomic E-state index is 0. The first-order chi connectivity index (χ1) is 19.5. The van der Waals surface area contributed by atoms with Gasteiger partial charge < -0.3 is 52.6 Å². The summed E-state index contributed by atoms with van der Waals surface area (Å²) in [7, 11) is 17.7. The molecule has 0 saturated heterocycles. The van der Waals surface area contributed by atoms with Crippen molar-refractivity contribution in [3.8, 4) is 0 Å². The quantitative estimate of drug-likeness (QED) is 0.168. The molecule has 0 aromatic heterocycles. The van der Waals surface area contributed by atoms with Crippen LogP contribution in [0.5, 0.6) is 0 Å². The lowest BCUT2D eigenvalue weighted by Gasteiger charge is -2.30. The fourth-order valence-electron chi connectivity index (χ4n) is 3.78. The normalized spacial score (nSPS) is 13.8. The first-order valence-corrected chi connectivity index (χ1v) is 15.1. The summed E-state index contributed by atoms with van der Waals surface area (Å²) in [6.45, 7) is 12.5. The number of ether oxygens (including phenoxy) is 3. The van der Waals surface area contributed by atoms with E-state index in [-0.39, 0.29) is 62.9 Å². The van der Waals surface area contributed by atoms with E-state index in [0.29, 0.717) is 33.1 Å². The van der Waals surface area contributed by atoms with E-state index >= 15 is 0 Å². The SMILES string of the molecule is C.CC(C)C(=O)OC(CC(=O)[O-])C[N+](C)(C)C.CC(C)OC(=O)CC(O)C[N+](C)(C)C.CC(C)OC(CC(=O)[O-])C[N+](C)(C)C. The molecular weight excluding hydrogens is 586 g/mol. The van der Waals surface area contributed by atoms with Crippen LogP contribution in [-0.2, 0) is 33.4 Å². The summed E-state index contributed by atoms with van der Waals surface area (Å²) in [4.78, 5) is 43.6. The molecule has 0 aliphatic heterocycles. The standard InChI is InChI=1S/C11H21NO4.C10H21NO3.C10H22NO3.CH4/c1-8(2)11(15)16-9(6-10(13)14)7-12(3,4)5;1-8(2)14-9(6-10(12)13)7-11(3,4)5;1-8(2)14-10(13)6-9(12)7-11(3,4)5;/h8-9H,6-7H2,1-5H3;8-9H,6-7H2,1-5H3;8-9,12H,6-7H2,1-5H3;1H4/q;;+1;. The molecule has 3 unspecified atom stereocenters. The van der Waals surface area contributed by atoms with Gasteiger partial charge in [-0.2, -0.15) is 0 Å². The summed E-state index contributed by atoms with van der Waals surface area (Å²) < 4.78 is 17.4. The van der Waals surface area contributed by atoms with Crippen LogP contribution < -0.4 is 10.2 Å². The number of carboxylic acid groups (broad SMARTS) is 2. The Balaban J connectivity index is -0.000000278.